The molecule has 2 aromatic heterocycles. The number of carbonyl (C=O) groups excluding carboxylic acids is 1. The lowest BCUT2D eigenvalue weighted by Crippen LogP contribution is -2.14. The van der Waals surface area contributed by atoms with E-state index in [0.29, 0.717) is 34.2 Å². The molecule has 0 radical (unpaired) electrons. The van der Waals surface area contributed by atoms with E-state index in [1.54, 1.807) is 49.2 Å². The third-order valence-electron chi connectivity index (χ3n) is 4.34. The van der Waals surface area contributed by atoms with E-state index in [2.05, 4.69) is 15.3 Å². The maximum atomic E-state index is 13.1. The summed E-state index contributed by atoms with van der Waals surface area (Å²) >= 11 is 0. The van der Waals surface area contributed by atoms with Gasteiger partial charge in [0.1, 0.15) is 11.5 Å². The van der Waals surface area contributed by atoms with Crippen molar-refractivity contribution < 1.29 is 14.3 Å². The fourth-order valence-electron chi connectivity index (χ4n) is 3.09. The summed E-state index contributed by atoms with van der Waals surface area (Å²) in [6, 6.07) is 14.6. The molecule has 0 aliphatic rings. The van der Waals surface area contributed by atoms with Crippen LogP contribution < -0.4 is 14.8 Å². The van der Waals surface area contributed by atoms with Crippen LogP contribution in [-0.2, 0) is 0 Å². The van der Waals surface area contributed by atoms with Crippen LogP contribution in [0.1, 0.15) is 10.4 Å². The summed E-state index contributed by atoms with van der Waals surface area (Å²) in [6.07, 6.45) is 5.18. The predicted octanol–water partition coefficient (Wildman–Crippen LogP) is 3.67. The second-order valence-corrected chi connectivity index (χ2v) is 5.99. The van der Waals surface area contributed by atoms with Crippen LogP contribution in [0, 0.1) is 0 Å². The molecule has 0 aliphatic carbocycles. The van der Waals surface area contributed by atoms with Crippen molar-refractivity contribution in [3.8, 4) is 22.6 Å². The highest BCUT2D eigenvalue weighted by atomic mass is 16.5. The van der Waals surface area contributed by atoms with Crippen LogP contribution in [0.4, 0.5) is 5.82 Å². The number of carbonyl (C=O) groups is 1. The molecule has 0 saturated heterocycles. The number of hydrogen-bond donors (Lipinski definition) is 1. The molecular weight excluding hydrogens is 356 g/mol. The number of amides is 1. The van der Waals surface area contributed by atoms with E-state index in [-0.39, 0.29) is 5.91 Å². The van der Waals surface area contributed by atoms with Crippen LogP contribution in [0.5, 0.6) is 11.5 Å². The maximum absolute atomic E-state index is 13.1. The number of methoxy groups -OCH3 is 2. The quantitative estimate of drug-likeness (QED) is 0.577. The molecule has 2 aromatic carbocycles. The van der Waals surface area contributed by atoms with Crippen molar-refractivity contribution in [2.75, 3.05) is 19.5 Å². The molecule has 4 aromatic rings. The molecule has 4 rings (SSSR count). The highest BCUT2D eigenvalue weighted by molar-refractivity contribution is 6.09. The highest BCUT2D eigenvalue weighted by Gasteiger charge is 2.20. The lowest BCUT2D eigenvalue weighted by molar-refractivity contribution is 0.102. The SMILES string of the molecule is COc1ccccc1-c1c(OC)cccc1C(=O)Nc1cn2cccnc2n1. The van der Waals surface area contributed by atoms with Crippen LogP contribution in [0.25, 0.3) is 16.9 Å². The van der Waals surface area contributed by atoms with Crippen LogP contribution in [-0.4, -0.2) is 34.5 Å². The second kappa shape index (κ2) is 7.40. The van der Waals surface area contributed by atoms with E-state index in [4.69, 9.17) is 9.47 Å². The van der Waals surface area contributed by atoms with Gasteiger partial charge in [-0.2, -0.15) is 4.98 Å². The zero-order valence-electron chi connectivity index (χ0n) is 15.4. The standard InChI is InChI=1S/C21H18N4O3/c1-27-16-9-4-3-7-14(16)19-15(8-5-10-17(19)28-2)20(26)23-18-13-25-12-6-11-22-21(25)24-18/h3-13H,1-2H3,(H,23,26). The lowest BCUT2D eigenvalue weighted by atomic mass is 9.97. The molecule has 0 bridgehead atoms. The van der Waals surface area contributed by atoms with Gasteiger partial charge in [-0.15, -0.1) is 0 Å². The van der Waals surface area contributed by atoms with Gasteiger partial charge in [0.05, 0.1) is 26.0 Å². The fourth-order valence-corrected chi connectivity index (χ4v) is 3.09. The van der Waals surface area contributed by atoms with E-state index in [1.807, 2.05) is 36.5 Å². The zero-order valence-corrected chi connectivity index (χ0v) is 15.4. The van der Waals surface area contributed by atoms with Gasteiger partial charge in [-0.05, 0) is 24.3 Å². The number of nitrogens with zero attached hydrogens (tertiary/aromatic N) is 3. The van der Waals surface area contributed by atoms with E-state index in [0.717, 1.165) is 5.56 Å². The van der Waals surface area contributed by atoms with E-state index >= 15 is 0 Å². The Labute approximate surface area is 161 Å². The largest absolute Gasteiger partial charge is 0.496 e. The topological polar surface area (TPSA) is 77.8 Å². The number of hydrogen-bond acceptors (Lipinski definition) is 5. The average Bonchev–Trinajstić information content (AvgIpc) is 3.15. The summed E-state index contributed by atoms with van der Waals surface area (Å²) in [5, 5.41) is 2.84. The molecule has 0 spiro atoms. The summed E-state index contributed by atoms with van der Waals surface area (Å²) in [7, 11) is 3.17. The Morgan fingerprint density at radius 2 is 1.79 bits per heavy atom. The van der Waals surface area contributed by atoms with Crippen molar-refractivity contribution in [1.82, 2.24) is 14.4 Å². The number of para-hydroxylation sites is 1. The van der Waals surface area contributed by atoms with E-state index in [9.17, 15) is 4.79 Å². The smallest absolute Gasteiger partial charge is 0.257 e. The van der Waals surface area contributed by atoms with Crippen molar-refractivity contribution in [2.24, 2.45) is 0 Å². The highest BCUT2D eigenvalue weighted by Crippen LogP contribution is 2.39. The van der Waals surface area contributed by atoms with Gasteiger partial charge in [-0.1, -0.05) is 24.3 Å². The van der Waals surface area contributed by atoms with Gasteiger partial charge in [0.15, 0.2) is 5.82 Å². The molecule has 1 N–H and O–H groups in total. The maximum Gasteiger partial charge on any atom is 0.257 e. The molecule has 7 heteroatoms. The van der Waals surface area contributed by atoms with E-state index < -0.39 is 0 Å². The third kappa shape index (κ3) is 3.14. The van der Waals surface area contributed by atoms with Gasteiger partial charge in [0.25, 0.3) is 5.91 Å². The number of aromatic nitrogens is 3. The third-order valence-corrected chi connectivity index (χ3v) is 4.34. The summed E-state index contributed by atoms with van der Waals surface area (Å²) in [5.41, 5.74) is 1.87. The number of benzene rings is 2. The number of imidazole rings is 1. The zero-order chi connectivity index (χ0) is 19.5. The van der Waals surface area contributed by atoms with Crippen LogP contribution in [0.3, 0.4) is 0 Å². The Hall–Kier alpha value is -3.87. The lowest BCUT2D eigenvalue weighted by Gasteiger charge is -2.16. The Balaban J connectivity index is 1.77. The summed E-state index contributed by atoms with van der Waals surface area (Å²) in [4.78, 5) is 21.6. The molecule has 0 unspecified atom stereocenters. The Bertz CT molecular complexity index is 1120. The number of anilines is 1. The minimum atomic E-state index is -0.303. The first-order chi connectivity index (χ1) is 13.7. The Morgan fingerprint density at radius 1 is 1.00 bits per heavy atom. The molecule has 2 heterocycles. The number of rotatable bonds is 5. The van der Waals surface area contributed by atoms with E-state index in [1.165, 1.54) is 0 Å². The fraction of sp³-hybridized carbons (Fsp3) is 0.0952. The van der Waals surface area contributed by atoms with Crippen molar-refractivity contribution in [1.29, 1.82) is 0 Å². The predicted molar refractivity (Wildman–Crippen MR) is 106 cm³/mol. The molecule has 0 fully saturated rings. The minimum absolute atomic E-state index is 0.303. The molecule has 1 amide bonds. The summed E-state index contributed by atoms with van der Waals surface area (Å²) in [5.74, 6) is 1.85. The first-order valence-corrected chi connectivity index (χ1v) is 8.62. The van der Waals surface area contributed by atoms with Gasteiger partial charge in [0.2, 0.25) is 5.78 Å². The number of fused-ring (bicyclic) bond motifs is 1. The van der Waals surface area contributed by atoms with Gasteiger partial charge in [-0.25, -0.2) is 4.98 Å². The first kappa shape index (κ1) is 17.5. The molecule has 140 valence electrons. The molecule has 0 atom stereocenters. The molecule has 28 heavy (non-hydrogen) atoms. The molecule has 0 saturated carbocycles. The molecular formula is C21H18N4O3. The van der Waals surface area contributed by atoms with Crippen molar-refractivity contribution in [2.45, 2.75) is 0 Å². The average molecular weight is 374 g/mol. The molecule has 0 aliphatic heterocycles. The minimum Gasteiger partial charge on any atom is -0.496 e. The van der Waals surface area contributed by atoms with Crippen molar-refractivity contribution in [3.63, 3.8) is 0 Å². The van der Waals surface area contributed by atoms with Crippen LogP contribution in [0.15, 0.2) is 67.1 Å². The summed E-state index contributed by atoms with van der Waals surface area (Å²) in [6.45, 7) is 0. The number of nitrogens with one attached hydrogen (secondary N) is 1. The Kier molecular flexibility index (Phi) is 4.63. The summed E-state index contributed by atoms with van der Waals surface area (Å²) < 4.78 is 12.7. The monoisotopic (exact) mass is 374 g/mol. The van der Waals surface area contributed by atoms with Gasteiger partial charge in [-0.3, -0.25) is 9.20 Å². The Morgan fingerprint density at radius 3 is 2.57 bits per heavy atom. The first-order valence-electron chi connectivity index (χ1n) is 8.62. The second-order valence-electron chi connectivity index (χ2n) is 5.99. The van der Waals surface area contributed by atoms with Crippen LogP contribution >= 0.6 is 0 Å². The molecule has 7 nitrogen and oxygen atoms in total. The van der Waals surface area contributed by atoms with Gasteiger partial charge in [0, 0.05) is 23.5 Å². The van der Waals surface area contributed by atoms with Gasteiger partial charge >= 0.3 is 0 Å². The van der Waals surface area contributed by atoms with Crippen molar-refractivity contribution in [3.05, 3.63) is 72.7 Å². The van der Waals surface area contributed by atoms with Gasteiger partial charge < -0.3 is 14.8 Å². The van der Waals surface area contributed by atoms with Crippen LogP contribution in [0.2, 0.25) is 0 Å². The normalized spacial score (nSPS) is 10.6. The number of ether oxygens (including phenoxy) is 2. The van der Waals surface area contributed by atoms with Crippen molar-refractivity contribution >= 4 is 17.5 Å².